The van der Waals surface area contributed by atoms with Gasteiger partial charge in [0.1, 0.15) is 0 Å². The zero-order valence-electron chi connectivity index (χ0n) is 14.6. The summed E-state index contributed by atoms with van der Waals surface area (Å²) in [5, 5.41) is 5.54. The maximum atomic E-state index is 4.05. The van der Waals surface area contributed by atoms with Crippen molar-refractivity contribution in [3.05, 3.63) is 35.5 Å². The Morgan fingerprint density at radius 1 is 1.00 bits per heavy atom. The first kappa shape index (κ1) is 15.3. The third kappa shape index (κ3) is 2.71. The van der Waals surface area contributed by atoms with Crippen LogP contribution in [0.5, 0.6) is 0 Å². The lowest BCUT2D eigenvalue weighted by Gasteiger charge is -2.33. The molecule has 0 radical (unpaired) electrons. The van der Waals surface area contributed by atoms with Gasteiger partial charge in [0.2, 0.25) is 0 Å². The average molecular weight is 310 g/mol. The lowest BCUT2D eigenvalue weighted by molar-refractivity contribution is 0.311. The highest BCUT2D eigenvalue weighted by Gasteiger charge is 2.30. The van der Waals surface area contributed by atoms with Gasteiger partial charge in [0.15, 0.2) is 0 Å². The normalized spacial score (nSPS) is 22.7. The summed E-state index contributed by atoms with van der Waals surface area (Å²) in [4.78, 5) is 0. The first-order chi connectivity index (χ1) is 11.3. The fourth-order valence-electron chi connectivity index (χ4n) is 4.89. The molecular weight excluding hydrogens is 280 g/mol. The monoisotopic (exact) mass is 310 g/mol. The summed E-state index contributed by atoms with van der Waals surface area (Å²) < 4.78 is 2.62. The van der Waals surface area contributed by atoms with Gasteiger partial charge in [-0.25, -0.2) is 0 Å². The van der Waals surface area contributed by atoms with Crippen molar-refractivity contribution < 1.29 is 0 Å². The van der Waals surface area contributed by atoms with Crippen molar-refractivity contribution in [2.24, 2.45) is 0 Å². The summed E-state index contributed by atoms with van der Waals surface area (Å²) in [7, 11) is 0. The first-order valence-corrected chi connectivity index (χ1v) is 9.63. The molecule has 0 bridgehead atoms. The maximum Gasteiger partial charge on any atom is 0.0488 e. The summed E-state index contributed by atoms with van der Waals surface area (Å²) in [5.41, 5.74) is 4.65. The van der Waals surface area contributed by atoms with Crippen LogP contribution < -0.4 is 5.32 Å². The zero-order chi connectivity index (χ0) is 15.8. The summed E-state index contributed by atoms with van der Waals surface area (Å²) in [6, 6.07) is 10.8. The molecule has 0 saturated heterocycles. The first-order valence-electron chi connectivity index (χ1n) is 9.63. The molecular formula is C21H30N2. The van der Waals surface area contributed by atoms with Gasteiger partial charge < -0.3 is 9.88 Å². The smallest absolute Gasteiger partial charge is 0.0488 e. The van der Waals surface area contributed by atoms with Crippen molar-refractivity contribution in [3.63, 3.8) is 0 Å². The highest BCUT2D eigenvalue weighted by molar-refractivity contribution is 5.86. The number of aryl methyl sites for hydroxylation is 1. The standard InChI is InChI=1S/C21H30N2/c1-15(2)23-20-14-7-6-11-17(20)18-12-8-13-19(21(18)23)22-16-9-4-3-5-10-16/h6-7,11,14-16,19,22H,3-5,8-10,12-13H2,1-2H3. The molecule has 2 nitrogen and oxygen atoms in total. The van der Waals surface area contributed by atoms with Crippen LogP contribution >= 0.6 is 0 Å². The molecule has 124 valence electrons. The maximum absolute atomic E-state index is 4.05. The number of nitrogens with zero attached hydrogens (tertiary/aromatic N) is 1. The van der Waals surface area contributed by atoms with Crippen LogP contribution in [0, 0.1) is 0 Å². The summed E-state index contributed by atoms with van der Waals surface area (Å²) in [6.07, 6.45) is 10.9. The Kier molecular flexibility index (Phi) is 4.19. The van der Waals surface area contributed by atoms with Crippen LogP contribution in [0.4, 0.5) is 0 Å². The van der Waals surface area contributed by atoms with Gasteiger partial charge in [0.05, 0.1) is 0 Å². The molecule has 2 aromatic rings. The predicted octanol–water partition coefficient (Wildman–Crippen LogP) is 5.52. The second kappa shape index (κ2) is 6.32. The number of hydrogen-bond donors (Lipinski definition) is 1. The fraction of sp³-hybridized carbons (Fsp3) is 0.619. The minimum absolute atomic E-state index is 0.525. The Morgan fingerprint density at radius 3 is 2.57 bits per heavy atom. The molecule has 0 spiro atoms. The SMILES string of the molecule is CC(C)n1c2c(c3ccccc31)CCCC2NC1CCCCC1. The minimum Gasteiger partial charge on any atom is -0.340 e. The molecule has 2 aliphatic rings. The lowest BCUT2D eigenvalue weighted by atomic mass is 9.89. The van der Waals surface area contributed by atoms with Crippen LogP contribution in [0.15, 0.2) is 24.3 Å². The lowest BCUT2D eigenvalue weighted by Crippen LogP contribution is -2.37. The van der Waals surface area contributed by atoms with E-state index in [1.54, 1.807) is 11.3 Å². The van der Waals surface area contributed by atoms with E-state index in [0.717, 1.165) is 6.04 Å². The van der Waals surface area contributed by atoms with E-state index in [2.05, 4.69) is 48.0 Å². The molecule has 0 aliphatic heterocycles. The van der Waals surface area contributed by atoms with Gasteiger partial charge in [0.25, 0.3) is 0 Å². The molecule has 1 N–H and O–H groups in total. The predicted molar refractivity (Wildman–Crippen MR) is 98.0 cm³/mol. The summed E-state index contributed by atoms with van der Waals surface area (Å²) >= 11 is 0. The van der Waals surface area contributed by atoms with E-state index in [4.69, 9.17) is 0 Å². The van der Waals surface area contributed by atoms with E-state index in [9.17, 15) is 0 Å². The Labute approximate surface area is 140 Å². The molecule has 0 amide bonds. The average Bonchev–Trinajstić information content (AvgIpc) is 2.92. The second-order valence-corrected chi connectivity index (χ2v) is 7.79. The summed E-state index contributed by atoms with van der Waals surface area (Å²) in [6.45, 7) is 4.66. The molecule has 23 heavy (non-hydrogen) atoms. The molecule has 1 aromatic carbocycles. The summed E-state index contributed by atoms with van der Waals surface area (Å²) in [5.74, 6) is 0. The van der Waals surface area contributed by atoms with Gasteiger partial charge in [-0.3, -0.25) is 0 Å². The largest absolute Gasteiger partial charge is 0.340 e. The van der Waals surface area contributed by atoms with Gasteiger partial charge in [-0.1, -0.05) is 37.5 Å². The van der Waals surface area contributed by atoms with Crippen molar-refractivity contribution >= 4 is 10.9 Å². The van der Waals surface area contributed by atoms with Gasteiger partial charge in [0, 0.05) is 34.7 Å². The van der Waals surface area contributed by atoms with E-state index in [0.29, 0.717) is 12.1 Å². The molecule has 1 fully saturated rings. The van der Waals surface area contributed by atoms with Gasteiger partial charge in [-0.2, -0.15) is 0 Å². The molecule has 2 aliphatic carbocycles. The molecule has 1 unspecified atom stereocenters. The van der Waals surface area contributed by atoms with Crippen LogP contribution in [0.1, 0.15) is 82.1 Å². The third-order valence-electron chi connectivity index (χ3n) is 5.87. The van der Waals surface area contributed by atoms with Crippen LogP contribution in [0.25, 0.3) is 10.9 Å². The van der Waals surface area contributed by atoms with Crippen molar-refractivity contribution in [3.8, 4) is 0 Å². The molecule has 2 heteroatoms. The fourth-order valence-corrected chi connectivity index (χ4v) is 4.89. The van der Waals surface area contributed by atoms with E-state index in [1.807, 2.05) is 0 Å². The number of fused-ring (bicyclic) bond motifs is 3. The van der Waals surface area contributed by atoms with Gasteiger partial charge in [-0.15, -0.1) is 0 Å². The molecule has 1 heterocycles. The van der Waals surface area contributed by atoms with Crippen LogP contribution in [0.3, 0.4) is 0 Å². The topological polar surface area (TPSA) is 17.0 Å². The van der Waals surface area contributed by atoms with Crippen molar-refractivity contribution in [2.45, 2.75) is 83.3 Å². The van der Waals surface area contributed by atoms with Crippen molar-refractivity contribution in [1.29, 1.82) is 0 Å². The van der Waals surface area contributed by atoms with Gasteiger partial charge >= 0.3 is 0 Å². The molecule has 1 saturated carbocycles. The molecule has 4 rings (SSSR count). The number of aromatic nitrogens is 1. The molecule has 1 atom stereocenters. The second-order valence-electron chi connectivity index (χ2n) is 7.79. The van der Waals surface area contributed by atoms with Gasteiger partial charge in [-0.05, 0) is 57.6 Å². The van der Waals surface area contributed by atoms with Crippen LogP contribution in [-0.4, -0.2) is 10.6 Å². The highest BCUT2D eigenvalue weighted by atomic mass is 15.1. The number of para-hydroxylation sites is 1. The molecule has 1 aromatic heterocycles. The quantitative estimate of drug-likeness (QED) is 0.789. The van der Waals surface area contributed by atoms with E-state index in [1.165, 1.54) is 62.3 Å². The number of nitrogens with one attached hydrogen (secondary N) is 1. The van der Waals surface area contributed by atoms with E-state index < -0.39 is 0 Å². The van der Waals surface area contributed by atoms with Crippen molar-refractivity contribution in [1.82, 2.24) is 9.88 Å². The Morgan fingerprint density at radius 2 is 1.78 bits per heavy atom. The van der Waals surface area contributed by atoms with E-state index in [-0.39, 0.29) is 0 Å². The number of benzene rings is 1. The number of hydrogen-bond acceptors (Lipinski definition) is 1. The highest BCUT2D eigenvalue weighted by Crippen LogP contribution is 2.39. The van der Waals surface area contributed by atoms with Crippen molar-refractivity contribution in [2.75, 3.05) is 0 Å². The van der Waals surface area contributed by atoms with Crippen LogP contribution in [-0.2, 0) is 6.42 Å². The Hall–Kier alpha value is -1.28. The van der Waals surface area contributed by atoms with Crippen LogP contribution in [0.2, 0.25) is 0 Å². The number of rotatable bonds is 3. The zero-order valence-corrected chi connectivity index (χ0v) is 14.6. The van der Waals surface area contributed by atoms with E-state index >= 15 is 0 Å². The Bertz CT molecular complexity index is 676. The third-order valence-corrected chi connectivity index (χ3v) is 5.87. The Balaban J connectivity index is 1.76. The minimum atomic E-state index is 0.525.